The lowest BCUT2D eigenvalue weighted by molar-refractivity contribution is 0.435. The topological polar surface area (TPSA) is 0 Å². The van der Waals surface area contributed by atoms with E-state index < -0.39 is 0 Å². The lowest BCUT2D eigenvalue weighted by Gasteiger charge is -2.35. The summed E-state index contributed by atoms with van der Waals surface area (Å²) in [7, 11) is 0. The lowest BCUT2D eigenvalue weighted by atomic mass is 9.69. The molecule has 0 saturated heterocycles. The second kappa shape index (κ2) is 5.83. The number of hydrogen-bond donors (Lipinski definition) is 0. The van der Waals surface area contributed by atoms with E-state index in [4.69, 9.17) is 0 Å². The van der Waals surface area contributed by atoms with Crippen LogP contribution in [0.3, 0.4) is 0 Å². The monoisotopic (exact) mass is 280 g/mol. The Bertz CT molecular complexity index is 569. The van der Waals surface area contributed by atoms with Gasteiger partial charge in [-0.1, -0.05) is 73.7 Å². The van der Waals surface area contributed by atoms with Crippen LogP contribution in [0.15, 0.2) is 47.6 Å². The molecule has 0 aromatic heterocycles. The third kappa shape index (κ3) is 3.00. The van der Waals surface area contributed by atoms with E-state index in [1.807, 2.05) is 0 Å². The largest absolute Gasteiger partial charge is 0.0719 e. The molecular weight excluding hydrogens is 252 g/mol. The first kappa shape index (κ1) is 14.6. The van der Waals surface area contributed by atoms with Gasteiger partial charge in [-0.15, -0.1) is 0 Å². The van der Waals surface area contributed by atoms with Crippen LogP contribution in [0, 0.1) is 0 Å². The molecule has 1 saturated carbocycles. The van der Waals surface area contributed by atoms with Crippen LogP contribution in [-0.2, 0) is 5.41 Å². The molecule has 0 heteroatoms. The van der Waals surface area contributed by atoms with E-state index in [-0.39, 0.29) is 5.41 Å². The van der Waals surface area contributed by atoms with Crippen molar-refractivity contribution in [3.8, 4) is 0 Å². The van der Waals surface area contributed by atoms with E-state index in [0.29, 0.717) is 0 Å². The van der Waals surface area contributed by atoms with Gasteiger partial charge in [-0.3, -0.25) is 0 Å². The van der Waals surface area contributed by atoms with Crippen LogP contribution in [0.1, 0.15) is 76.3 Å². The average Bonchev–Trinajstić information content (AvgIpc) is 2.47. The van der Waals surface area contributed by atoms with E-state index in [1.54, 1.807) is 11.1 Å². The highest BCUT2D eigenvalue weighted by Crippen LogP contribution is 2.43. The Morgan fingerprint density at radius 2 is 1.71 bits per heavy atom. The molecule has 0 N–H and O–H groups in total. The lowest BCUT2D eigenvalue weighted by Crippen LogP contribution is -2.25. The predicted octanol–water partition coefficient (Wildman–Crippen LogP) is 6.29. The third-order valence-electron chi connectivity index (χ3n) is 5.29. The molecule has 3 rings (SSSR count). The number of rotatable bonds is 2. The van der Waals surface area contributed by atoms with Gasteiger partial charge in [-0.2, -0.15) is 0 Å². The second-order valence-corrected chi connectivity index (χ2v) is 7.40. The van der Waals surface area contributed by atoms with Crippen LogP contribution in [0.2, 0.25) is 0 Å². The second-order valence-electron chi connectivity index (χ2n) is 7.40. The van der Waals surface area contributed by atoms with Gasteiger partial charge >= 0.3 is 0 Å². The van der Waals surface area contributed by atoms with Crippen molar-refractivity contribution in [1.82, 2.24) is 0 Å². The molecule has 112 valence electrons. The van der Waals surface area contributed by atoms with Gasteiger partial charge in [0, 0.05) is 5.41 Å². The van der Waals surface area contributed by atoms with Crippen molar-refractivity contribution in [2.45, 2.75) is 70.6 Å². The number of hydrogen-bond acceptors (Lipinski definition) is 0. The highest BCUT2D eigenvalue weighted by atomic mass is 14.3. The molecule has 1 fully saturated rings. The van der Waals surface area contributed by atoms with Crippen molar-refractivity contribution in [3.63, 3.8) is 0 Å². The molecular formula is C21H28. The maximum absolute atomic E-state index is 2.49. The SMILES string of the molecule is CC1=CC(C)(c2ccccc2C2CCCCC2)CC(C)=C1. The van der Waals surface area contributed by atoms with Gasteiger partial charge in [0.05, 0.1) is 0 Å². The minimum absolute atomic E-state index is 0.178. The summed E-state index contributed by atoms with van der Waals surface area (Å²) in [6.45, 7) is 6.94. The fraction of sp³-hybridized carbons (Fsp3) is 0.524. The van der Waals surface area contributed by atoms with Crippen LogP contribution in [0.4, 0.5) is 0 Å². The molecule has 1 aromatic carbocycles. The van der Waals surface area contributed by atoms with Crippen molar-refractivity contribution in [2.24, 2.45) is 0 Å². The Labute approximate surface area is 130 Å². The number of benzene rings is 1. The summed E-state index contributed by atoms with van der Waals surface area (Å²) in [6, 6.07) is 9.24. The van der Waals surface area contributed by atoms with E-state index in [0.717, 1.165) is 12.3 Å². The summed E-state index contributed by atoms with van der Waals surface area (Å²) in [6.07, 6.45) is 13.0. The van der Waals surface area contributed by atoms with E-state index in [2.05, 4.69) is 57.2 Å². The molecule has 0 aliphatic heterocycles. The standard InChI is InChI=1S/C21H28/c1-16-13-17(2)15-21(3,14-16)20-12-8-7-11-19(20)18-9-5-4-6-10-18/h7-8,11-14,18H,4-6,9-10,15H2,1-3H3. The van der Waals surface area contributed by atoms with E-state index in [1.165, 1.54) is 43.3 Å². The molecule has 0 spiro atoms. The Morgan fingerprint density at radius 3 is 2.43 bits per heavy atom. The van der Waals surface area contributed by atoms with Crippen LogP contribution in [-0.4, -0.2) is 0 Å². The first-order valence-electron chi connectivity index (χ1n) is 8.54. The van der Waals surface area contributed by atoms with Crippen molar-refractivity contribution in [1.29, 1.82) is 0 Å². The molecule has 21 heavy (non-hydrogen) atoms. The third-order valence-corrected chi connectivity index (χ3v) is 5.29. The molecule has 0 bridgehead atoms. The summed E-state index contributed by atoms with van der Waals surface area (Å²) in [5, 5.41) is 0. The van der Waals surface area contributed by atoms with Crippen molar-refractivity contribution >= 4 is 0 Å². The predicted molar refractivity (Wildman–Crippen MR) is 91.8 cm³/mol. The maximum Gasteiger partial charge on any atom is 0.0149 e. The molecule has 1 aromatic rings. The van der Waals surface area contributed by atoms with Gasteiger partial charge in [-0.05, 0) is 50.2 Å². The Morgan fingerprint density at radius 1 is 1.00 bits per heavy atom. The Kier molecular flexibility index (Phi) is 4.06. The van der Waals surface area contributed by atoms with Gasteiger partial charge in [0.1, 0.15) is 0 Å². The van der Waals surface area contributed by atoms with Crippen LogP contribution < -0.4 is 0 Å². The van der Waals surface area contributed by atoms with Crippen LogP contribution >= 0.6 is 0 Å². The average molecular weight is 280 g/mol. The van der Waals surface area contributed by atoms with Crippen molar-refractivity contribution in [2.75, 3.05) is 0 Å². The smallest absolute Gasteiger partial charge is 0.0149 e. The zero-order valence-electron chi connectivity index (χ0n) is 13.8. The van der Waals surface area contributed by atoms with Crippen LogP contribution in [0.25, 0.3) is 0 Å². The minimum atomic E-state index is 0.178. The maximum atomic E-state index is 2.49. The molecule has 2 aliphatic rings. The normalized spacial score (nSPS) is 27.2. The molecule has 0 nitrogen and oxygen atoms in total. The zero-order valence-corrected chi connectivity index (χ0v) is 13.8. The minimum Gasteiger partial charge on any atom is -0.0719 e. The van der Waals surface area contributed by atoms with Crippen molar-refractivity contribution in [3.05, 3.63) is 58.7 Å². The molecule has 2 aliphatic carbocycles. The Hall–Kier alpha value is -1.30. The molecule has 1 unspecified atom stereocenters. The molecule has 0 amide bonds. The summed E-state index contributed by atoms with van der Waals surface area (Å²) in [5.41, 5.74) is 6.30. The van der Waals surface area contributed by atoms with E-state index in [9.17, 15) is 0 Å². The van der Waals surface area contributed by atoms with Gasteiger partial charge in [0.15, 0.2) is 0 Å². The zero-order chi connectivity index (χ0) is 14.9. The summed E-state index contributed by atoms with van der Waals surface area (Å²) in [4.78, 5) is 0. The molecule has 0 heterocycles. The first-order chi connectivity index (χ1) is 10.1. The van der Waals surface area contributed by atoms with Crippen LogP contribution in [0.5, 0.6) is 0 Å². The van der Waals surface area contributed by atoms with Gasteiger partial charge < -0.3 is 0 Å². The summed E-state index contributed by atoms with van der Waals surface area (Å²) >= 11 is 0. The summed E-state index contributed by atoms with van der Waals surface area (Å²) in [5.74, 6) is 0.784. The highest BCUT2D eigenvalue weighted by Gasteiger charge is 2.31. The number of allylic oxidation sites excluding steroid dienone is 4. The highest BCUT2D eigenvalue weighted by molar-refractivity contribution is 5.45. The van der Waals surface area contributed by atoms with Gasteiger partial charge in [0.25, 0.3) is 0 Å². The molecule has 1 atom stereocenters. The Balaban J connectivity index is 2.01. The fourth-order valence-electron chi connectivity index (χ4n) is 4.57. The quantitative estimate of drug-likeness (QED) is 0.597. The first-order valence-corrected chi connectivity index (χ1v) is 8.54. The van der Waals surface area contributed by atoms with Gasteiger partial charge in [0.2, 0.25) is 0 Å². The summed E-state index contributed by atoms with van der Waals surface area (Å²) < 4.78 is 0. The fourth-order valence-corrected chi connectivity index (χ4v) is 4.57. The van der Waals surface area contributed by atoms with Gasteiger partial charge in [-0.25, -0.2) is 0 Å². The van der Waals surface area contributed by atoms with E-state index >= 15 is 0 Å². The van der Waals surface area contributed by atoms with Crippen molar-refractivity contribution < 1.29 is 0 Å². The molecule has 0 radical (unpaired) electrons.